The summed E-state index contributed by atoms with van der Waals surface area (Å²) in [6, 6.07) is 19.0. The van der Waals surface area contributed by atoms with Crippen LogP contribution < -0.4 is 10.6 Å². The van der Waals surface area contributed by atoms with Gasteiger partial charge in [0.1, 0.15) is 17.7 Å². The van der Waals surface area contributed by atoms with Crippen molar-refractivity contribution in [2.45, 2.75) is 58.2 Å². The summed E-state index contributed by atoms with van der Waals surface area (Å²) in [5, 5.41) is 17.7. The van der Waals surface area contributed by atoms with E-state index in [1.54, 1.807) is 20.8 Å². The minimum Gasteiger partial charge on any atom is -0.444 e. The molecule has 0 radical (unpaired) electrons. The molecule has 41 heavy (non-hydrogen) atoms. The largest absolute Gasteiger partial charge is 0.444 e. The van der Waals surface area contributed by atoms with Gasteiger partial charge in [-0.05, 0) is 79.7 Å². The maximum atomic E-state index is 14.1. The molecule has 8 nitrogen and oxygen atoms in total. The van der Waals surface area contributed by atoms with Crippen LogP contribution in [0.4, 0.5) is 10.5 Å². The minimum atomic E-state index is -1.05. The number of benzene rings is 3. The predicted molar refractivity (Wildman–Crippen MR) is 166 cm³/mol. The number of aryl methyl sites for hydroxylation is 1. The van der Waals surface area contributed by atoms with E-state index in [-0.39, 0.29) is 13.2 Å². The number of aliphatic hydroxyl groups excluding tert-OH is 1. The van der Waals surface area contributed by atoms with Gasteiger partial charge in [-0.2, -0.15) is 11.8 Å². The standard InChI is InChI=1S/C32H41N3O5S/c1-6-22-11-13-24(14-12-22)28(29(37)33-26-16-15-23-9-7-8-10-25(23)21-26)35(18-19-36)30(38)27(17-20-41-5)34-31(39)40-32(2,3)4/h7-16,21,27-28,36H,6,17-20H2,1-5H3,(H,33,37)(H,34,39). The highest BCUT2D eigenvalue weighted by Crippen LogP contribution is 2.27. The Morgan fingerprint density at radius 1 is 1.00 bits per heavy atom. The molecule has 0 saturated heterocycles. The van der Waals surface area contributed by atoms with Crippen LogP contribution in [0.2, 0.25) is 0 Å². The lowest BCUT2D eigenvalue weighted by Crippen LogP contribution is -2.53. The normalized spacial score (nSPS) is 12.8. The lowest BCUT2D eigenvalue weighted by atomic mass is 10.00. The first kappa shape index (κ1) is 32.0. The van der Waals surface area contributed by atoms with Crippen LogP contribution in [0.5, 0.6) is 0 Å². The zero-order valence-electron chi connectivity index (χ0n) is 24.5. The molecule has 3 rings (SSSR count). The molecule has 9 heteroatoms. The molecule has 0 spiro atoms. The Balaban J connectivity index is 1.99. The summed E-state index contributed by atoms with van der Waals surface area (Å²) in [5.74, 6) is -0.303. The van der Waals surface area contributed by atoms with Gasteiger partial charge in [-0.25, -0.2) is 4.79 Å². The highest BCUT2D eigenvalue weighted by atomic mass is 32.2. The quantitative estimate of drug-likeness (QED) is 0.260. The van der Waals surface area contributed by atoms with E-state index < -0.39 is 35.6 Å². The lowest BCUT2D eigenvalue weighted by Gasteiger charge is -2.34. The second-order valence-electron chi connectivity index (χ2n) is 10.8. The van der Waals surface area contributed by atoms with Crippen molar-refractivity contribution in [1.82, 2.24) is 10.2 Å². The van der Waals surface area contributed by atoms with Crippen LogP contribution in [0.15, 0.2) is 66.7 Å². The van der Waals surface area contributed by atoms with E-state index in [0.717, 1.165) is 22.8 Å². The summed E-state index contributed by atoms with van der Waals surface area (Å²) in [6.45, 7) is 6.82. The SMILES string of the molecule is CCc1ccc(C(C(=O)Nc2ccc3ccccc3c2)N(CCO)C(=O)C(CCSC)NC(=O)OC(C)(C)C)cc1. The van der Waals surface area contributed by atoms with Gasteiger partial charge in [0.25, 0.3) is 5.91 Å². The Hall–Kier alpha value is -3.56. The highest BCUT2D eigenvalue weighted by Gasteiger charge is 2.36. The molecule has 0 fully saturated rings. The number of aliphatic hydroxyl groups is 1. The maximum absolute atomic E-state index is 14.1. The predicted octanol–water partition coefficient (Wildman–Crippen LogP) is 5.55. The zero-order chi connectivity index (χ0) is 30.0. The number of anilines is 1. The first-order valence-electron chi connectivity index (χ1n) is 13.8. The molecule has 3 N–H and O–H groups in total. The summed E-state index contributed by atoms with van der Waals surface area (Å²) in [5.41, 5.74) is 1.53. The molecule has 3 aromatic rings. The number of amides is 3. The van der Waals surface area contributed by atoms with Crippen LogP contribution in [0.3, 0.4) is 0 Å². The van der Waals surface area contributed by atoms with Crippen molar-refractivity contribution in [2.24, 2.45) is 0 Å². The molecule has 0 bridgehead atoms. The molecule has 0 aliphatic carbocycles. The Bertz CT molecular complexity index is 1320. The van der Waals surface area contributed by atoms with Gasteiger partial charge in [0, 0.05) is 12.2 Å². The van der Waals surface area contributed by atoms with Crippen LogP contribution in [0, 0.1) is 0 Å². The number of alkyl carbamates (subject to hydrolysis) is 1. The average molecular weight is 580 g/mol. The number of thioether (sulfide) groups is 1. The second kappa shape index (κ2) is 14.9. The van der Waals surface area contributed by atoms with Crippen LogP contribution in [0.1, 0.15) is 51.3 Å². The topological polar surface area (TPSA) is 108 Å². The average Bonchev–Trinajstić information content (AvgIpc) is 2.94. The molecule has 0 saturated carbocycles. The number of nitrogens with zero attached hydrogens (tertiary/aromatic N) is 1. The summed E-state index contributed by atoms with van der Waals surface area (Å²) < 4.78 is 5.41. The third-order valence-electron chi connectivity index (χ3n) is 6.50. The van der Waals surface area contributed by atoms with Gasteiger partial charge in [0.15, 0.2) is 0 Å². The van der Waals surface area contributed by atoms with Crippen molar-refractivity contribution < 1.29 is 24.2 Å². The van der Waals surface area contributed by atoms with Crippen molar-refractivity contribution in [2.75, 3.05) is 30.5 Å². The van der Waals surface area contributed by atoms with Crippen LogP contribution >= 0.6 is 11.8 Å². The van der Waals surface area contributed by atoms with Gasteiger partial charge in [-0.3, -0.25) is 9.59 Å². The second-order valence-corrected chi connectivity index (χ2v) is 11.8. The zero-order valence-corrected chi connectivity index (χ0v) is 25.3. The molecule has 3 aromatic carbocycles. The van der Waals surface area contributed by atoms with Crippen LogP contribution in [0.25, 0.3) is 10.8 Å². The number of rotatable bonds is 12. The minimum absolute atomic E-state index is 0.101. The summed E-state index contributed by atoms with van der Waals surface area (Å²) in [4.78, 5) is 42.1. The van der Waals surface area contributed by atoms with Gasteiger partial charge in [0.2, 0.25) is 5.91 Å². The number of ether oxygens (including phenoxy) is 1. The van der Waals surface area contributed by atoms with E-state index >= 15 is 0 Å². The van der Waals surface area contributed by atoms with Gasteiger partial charge in [0.05, 0.1) is 6.61 Å². The van der Waals surface area contributed by atoms with E-state index in [1.165, 1.54) is 16.7 Å². The van der Waals surface area contributed by atoms with E-state index in [9.17, 15) is 19.5 Å². The molecule has 0 aliphatic heterocycles. The number of hydrogen-bond donors (Lipinski definition) is 3. The van der Waals surface area contributed by atoms with E-state index in [4.69, 9.17) is 4.74 Å². The molecule has 0 aromatic heterocycles. The van der Waals surface area contributed by atoms with Crippen molar-refractivity contribution in [3.63, 3.8) is 0 Å². The Labute approximate surface area is 246 Å². The lowest BCUT2D eigenvalue weighted by molar-refractivity contribution is -0.141. The van der Waals surface area contributed by atoms with Gasteiger partial charge >= 0.3 is 6.09 Å². The first-order chi connectivity index (χ1) is 19.6. The number of fused-ring (bicyclic) bond motifs is 1. The van der Waals surface area contributed by atoms with Crippen LogP contribution in [-0.2, 0) is 20.7 Å². The summed E-state index contributed by atoms with van der Waals surface area (Å²) >= 11 is 1.54. The number of carbonyl (C=O) groups is 3. The fourth-order valence-electron chi connectivity index (χ4n) is 4.50. The first-order valence-corrected chi connectivity index (χ1v) is 15.2. The molecule has 220 valence electrons. The molecule has 3 amide bonds. The van der Waals surface area contributed by atoms with Crippen molar-refractivity contribution in [1.29, 1.82) is 0 Å². The third kappa shape index (κ3) is 9.23. The Morgan fingerprint density at radius 3 is 2.29 bits per heavy atom. The van der Waals surface area contributed by atoms with E-state index in [1.807, 2.05) is 79.9 Å². The third-order valence-corrected chi connectivity index (χ3v) is 7.15. The van der Waals surface area contributed by atoms with Crippen LogP contribution in [-0.4, -0.2) is 64.7 Å². The Kier molecular flexibility index (Phi) is 11.6. The molecule has 0 aliphatic rings. The van der Waals surface area contributed by atoms with Crippen molar-refractivity contribution in [3.8, 4) is 0 Å². The van der Waals surface area contributed by atoms with Gasteiger partial charge < -0.3 is 25.4 Å². The van der Waals surface area contributed by atoms with E-state index in [2.05, 4.69) is 10.6 Å². The number of hydrogen-bond acceptors (Lipinski definition) is 6. The number of nitrogens with one attached hydrogen (secondary N) is 2. The fourth-order valence-corrected chi connectivity index (χ4v) is 4.97. The van der Waals surface area contributed by atoms with E-state index in [0.29, 0.717) is 23.4 Å². The van der Waals surface area contributed by atoms with Crippen molar-refractivity contribution in [3.05, 3.63) is 77.9 Å². The smallest absolute Gasteiger partial charge is 0.408 e. The number of carbonyl (C=O) groups excluding carboxylic acids is 3. The van der Waals surface area contributed by atoms with Crippen molar-refractivity contribution >= 4 is 46.1 Å². The summed E-state index contributed by atoms with van der Waals surface area (Å²) in [7, 11) is 0. The molecular formula is C32H41N3O5S. The molecule has 0 heterocycles. The summed E-state index contributed by atoms with van der Waals surface area (Å²) in [6.07, 6.45) is 2.35. The van der Waals surface area contributed by atoms with Gasteiger partial charge in [-0.15, -0.1) is 0 Å². The highest BCUT2D eigenvalue weighted by molar-refractivity contribution is 7.98. The maximum Gasteiger partial charge on any atom is 0.408 e. The van der Waals surface area contributed by atoms with Gasteiger partial charge in [-0.1, -0.05) is 61.5 Å². The Morgan fingerprint density at radius 2 is 1.68 bits per heavy atom. The molecule has 2 atom stereocenters. The molecular weight excluding hydrogens is 538 g/mol. The fraction of sp³-hybridized carbons (Fsp3) is 0.406. The monoisotopic (exact) mass is 579 g/mol. The molecule has 2 unspecified atom stereocenters.